The zero-order valence-corrected chi connectivity index (χ0v) is 10.9. The van der Waals surface area contributed by atoms with Crippen LogP contribution in [0.1, 0.15) is 28.7 Å². The van der Waals surface area contributed by atoms with Crippen LogP contribution in [0.25, 0.3) is 0 Å². The lowest BCUT2D eigenvalue weighted by atomic mass is 10.1. The molecular weight excluding hydrogens is 240 g/mol. The maximum absolute atomic E-state index is 11.7. The van der Waals surface area contributed by atoms with Gasteiger partial charge in [0.05, 0.1) is 6.54 Å². The molecular formula is C15H16N2O2. The lowest BCUT2D eigenvalue weighted by Crippen LogP contribution is -2.31. The maximum Gasteiger partial charge on any atom is 0.328 e. The Morgan fingerprint density at radius 2 is 2.00 bits per heavy atom. The Hall–Kier alpha value is -2.10. The fraction of sp³-hybridized carbons (Fsp3) is 0.333. The summed E-state index contributed by atoms with van der Waals surface area (Å²) in [6.07, 6.45) is 5.13. The van der Waals surface area contributed by atoms with Gasteiger partial charge in [-0.1, -0.05) is 18.2 Å². The van der Waals surface area contributed by atoms with Crippen LogP contribution in [0.5, 0.6) is 0 Å². The average Bonchev–Trinajstić information content (AvgIpc) is 2.83. The van der Waals surface area contributed by atoms with Crippen molar-refractivity contribution >= 4 is 0 Å². The molecule has 1 heterocycles. The minimum Gasteiger partial charge on any atom is -0.296 e. The molecule has 0 unspecified atom stereocenters. The van der Waals surface area contributed by atoms with Crippen LogP contribution < -0.4 is 11.2 Å². The van der Waals surface area contributed by atoms with Gasteiger partial charge in [-0.05, 0) is 42.9 Å². The Morgan fingerprint density at radius 3 is 2.84 bits per heavy atom. The highest BCUT2D eigenvalue weighted by molar-refractivity contribution is 5.35. The van der Waals surface area contributed by atoms with Gasteiger partial charge in [0.15, 0.2) is 0 Å². The number of nitrogens with zero attached hydrogens (tertiary/aromatic N) is 1. The molecule has 0 amide bonds. The number of H-pyrrole nitrogens is 1. The van der Waals surface area contributed by atoms with Gasteiger partial charge in [-0.25, -0.2) is 4.79 Å². The van der Waals surface area contributed by atoms with Crippen molar-refractivity contribution in [2.45, 2.75) is 32.7 Å². The van der Waals surface area contributed by atoms with Gasteiger partial charge in [-0.15, -0.1) is 0 Å². The van der Waals surface area contributed by atoms with E-state index in [-0.39, 0.29) is 11.2 Å². The van der Waals surface area contributed by atoms with E-state index in [4.69, 9.17) is 0 Å². The highest BCUT2D eigenvalue weighted by Crippen LogP contribution is 2.22. The van der Waals surface area contributed by atoms with Gasteiger partial charge in [-0.3, -0.25) is 14.3 Å². The molecule has 1 N–H and O–H groups in total. The number of aryl methyl sites for hydroxylation is 3. The third-order valence-corrected chi connectivity index (χ3v) is 3.70. The number of aromatic nitrogens is 2. The molecule has 0 saturated heterocycles. The number of benzene rings is 1. The largest absolute Gasteiger partial charge is 0.328 e. The predicted molar refractivity (Wildman–Crippen MR) is 73.6 cm³/mol. The monoisotopic (exact) mass is 256 g/mol. The SMILES string of the molecule is Cc1cn(Cc2ccc3c(c2)CCC3)c(=O)[nH]c1=O. The predicted octanol–water partition coefficient (Wildman–Crippen LogP) is 1.38. The van der Waals surface area contributed by atoms with E-state index in [2.05, 4.69) is 23.2 Å². The molecule has 4 heteroatoms. The van der Waals surface area contributed by atoms with E-state index in [1.165, 1.54) is 17.5 Å². The van der Waals surface area contributed by atoms with Crippen LogP contribution in [0, 0.1) is 6.92 Å². The van der Waals surface area contributed by atoms with Gasteiger partial charge in [0, 0.05) is 11.8 Å². The fourth-order valence-electron chi connectivity index (χ4n) is 2.66. The molecule has 1 aliphatic rings. The smallest absolute Gasteiger partial charge is 0.296 e. The van der Waals surface area contributed by atoms with Crippen LogP contribution >= 0.6 is 0 Å². The van der Waals surface area contributed by atoms with Gasteiger partial charge in [0.2, 0.25) is 0 Å². The van der Waals surface area contributed by atoms with Crippen LogP contribution in [0.2, 0.25) is 0 Å². The number of hydrogen-bond acceptors (Lipinski definition) is 2. The number of aromatic amines is 1. The Kier molecular flexibility index (Phi) is 2.85. The van der Waals surface area contributed by atoms with Crippen LogP contribution in [-0.2, 0) is 19.4 Å². The second-order valence-electron chi connectivity index (χ2n) is 5.16. The maximum atomic E-state index is 11.7. The molecule has 0 atom stereocenters. The van der Waals surface area contributed by atoms with E-state index in [0.29, 0.717) is 12.1 Å². The summed E-state index contributed by atoms with van der Waals surface area (Å²) in [5, 5.41) is 0. The summed E-state index contributed by atoms with van der Waals surface area (Å²) in [6.45, 7) is 2.21. The molecule has 1 aliphatic carbocycles. The zero-order chi connectivity index (χ0) is 13.4. The normalized spacial score (nSPS) is 13.5. The van der Waals surface area contributed by atoms with E-state index >= 15 is 0 Å². The molecule has 2 aromatic rings. The lowest BCUT2D eigenvalue weighted by Gasteiger charge is -2.08. The highest BCUT2D eigenvalue weighted by atomic mass is 16.2. The summed E-state index contributed by atoms with van der Waals surface area (Å²) < 4.78 is 1.55. The molecule has 19 heavy (non-hydrogen) atoms. The minimum atomic E-state index is -0.351. The Bertz CT molecular complexity index is 741. The first-order valence-electron chi connectivity index (χ1n) is 6.54. The van der Waals surface area contributed by atoms with Gasteiger partial charge in [0.1, 0.15) is 0 Å². The first kappa shape index (κ1) is 12.0. The van der Waals surface area contributed by atoms with Gasteiger partial charge in [-0.2, -0.15) is 0 Å². The quantitative estimate of drug-likeness (QED) is 0.882. The first-order chi connectivity index (χ1) is 9.13. The third kappa shape index (κ3) is 2.26. The van der Waals surface area contributed by atoms with Crippen molar-refractivity contribution < 1.29 is 0 Å². The van der Waals surface area contributed by atoms with Crippen LogP contribution in [0.3, 0.4) is 0 Å². The fourth-order valence-corrected chi connectivity index (χ4v) is 2.66. The van der Waals surface area contributed by atoms with Crippen LogP contribution in [0.4, 0.5) is 0 Å². The van der Waals surface area contributed by atoms with Gasteiger partial charge >= 0.3 is 5.69 Å². The molecule has 4 nitrogen and oxygen atoms in total. The Morgan fingerprint density at radius 1 is 1.21 bits per heavy atom. The van der Waals surface area contributed by atoms with Crippen LogP contribution in [-0.4, -0.2) is 9.55 Å². The van der Waals surface area contributed by atoms with Crippen LogP contribution in [0.15, 0.2) is 34.0 Å². The van der Waals surface area contributed by atoms with Crippen molar-refractivity contribution in [2.24, 2.45) is 0 Å². The average molecular weight is 256 g/mol. The standard InChI is InChI=1S/C15H16N2O2/c1-10-8-17(15(19)16-14(10)18)9-11-5-6-12-3-2-4-13(12)7-11/h5-8H,2-4,9H2,1H3,(H,16,18,19). The first-order valence-corrected chi connectivity index (χ1v) is 6.54. The molecule has 3 rings (SSSR count). The summed E-state index contributed by atoms with van der Waals surface area (Å²) in [5.41, 5.74) is 3.82. The molecule has 0 radical (unpaired) electrons. The molecule has 0 fully saturated rings. The third-order valence-electron chi connectivity index (χ3n) is 3.70. The van der Waals surface area contributed by atoms with E-state index < -0.39 is 0 Å². The van der Waals surface area contributed by atoms with E-state index in [9.17, 15) is 9.59 Å². The van der Waals surface area contributed by atoms with Crippen molar-refractivity contribution in [3.8, 4) is 0 Å². The summed E-state index contributed by atoms with van der Waals surface area (Å²) >= 11 is 0. The summed E-state index contributed by atoms with van der Waals surface area (Å²) in [7, 11) is 0. The number of hydrogen-bond donors (Lipinski definition) is 1. The topological polar surface area (TPSA) is 54.9 Å². The lowest BCUT2D eigenvalue weighted by molar-refractivity contribution is 0.713. The highest BCUT2D eigenvalue weighted by Gasteiger charge is 2.11. The number of nitrogens with one attached hydrogen (secondary N) is 1. The summed E-state index contributed by atoms with van der Waals surface area (Å²) in [4.78, 5) is 25.4. The Balaban J connectivity index is 1.95. The van der Waals surface area contributed by atoms with Crippen molar-refractivity contribution in [1.29, 1.82) is 0 Å². The molecule has 0 saturated carbocycles. The minimum absolute atomic E-state index is 0.310. The van der Waals surface area contributed by atoms with Gasteiger partial charge < -0.3 is 0 Å². The van der Waals surface area contributed by atoms with Crippen molar-refractivity contribution in [3.63, 3.8) is 0 Å². The van der Waals surface area contributed by atoms with E-state index in [0.717, 1.165) is 18.4 Å². The van der Waals surface area contributed by atoms with Gasteiger partial charge in [0.25, 0.3) is 5.56 Å². The van der Waals surface area contributed by atoms with E-state index in [1.54, 1.807) is 17.7 Å². The molecule has 98 valence electrons. The van der Waals surface area contributed by atoms with Crippen molar-refractivity contribution in [1.82, 2.24) is 9.55 Å². The summed E-state index contributed by atoms with van der Waals surface area (Å²) in [6, 6.07) is 6.40. The van der Waals surface area contributed by atoms with Crippen molar-refractivity contribution in [2.75, 3.05) is 0 Å². The number of rotatable bonds is 2. The van der Waals surface area contributed by atoms with E-state index in [1.807, 2.05) is 0 Å². The summed E-state index contributed by atoms with van der Waals surface area (Å²) in [5.74, 6) is 0. The molecule has 0 bridgehead atoms. The molecule has 1 aromatic carbocycles. The molecule has 1 aromatic heterocycles. The molecule has 0 spiro atoms. The second kappa shape index (κ2) is 4.53. The number of fused-ring (bicyclic) bond motifs is 1. The Labute approximate surface area is 110 Å². The second-order valence-corrected chi connectivity index (χ2v) is 5.16. The molecule has 0 aliphatic heterocycles. The zero-order valence-electron chi connectivity index (χ0n) is 10.9. The van der Waals surface area contributed by atoms with Crippen molar-refractivity contribution in [3.05, 3.63) is 67.5 Å².